The molecule has 0 fully saturated rings. The second-order valence-corrected chi connectivity index (χ2v) is 7.54. The number of hydrogen-bond acceptors (Lipinski definition) is 3. The molecule has 5 nitrogen and oxygen atoms in total. The molecule has 0 radical (unpaired) electrons. The van der Waals surface area contributed by atoms with Crippen LogP contribution >= 0.6 is 15.9 Å². The molecule has 1 amide bonds. The molecule has 2 aromatic rings. The van der Waals surface area contributed by atoms with E-state index in [4.69, 9.17) is 0 Å². The Kier molecular flexibility index (Phi) is 3.70. The van der Waals surface area contributed by atoms with Gasteiger partial charge in [-0.1, -0.05) is 12.1 Å². The highest BCUT2D eigenvalue weighted by Crippen LogP contribution is 2.31. The summed E-state index contributed by atoms with van der Waals surface area (Å²) in [5, 5.41) is 0. The summed E-state index contributed by atoms with van der Waals surface area (Å²) in [4.78, 5) is 13.4. The highest BCUT2D eigenvalue weighted by Gasteiger charge is 2.26. The first-order chi connectivity index (χ1) is 10.4. The van der Waals surface area contributed by atoms with Crippen LogP contribution in [0, 0.1) is 0 Å². The smallest absolute Gasteiger partial charge is 0.261 e. The molecule has 1 heterocycles. The molecular weight excluding hydrogens is 368 g/mol. The number of carbonyl (C=O) groups is 1. The Balaban J connectivity index is 1.96. The zero-order chi connectivity index (χ0) is 15.9. The zero-order valence-corrected chi connectivity index (χ0v) is 14.1. The van der Waals surface area contributed by atoms with Crippen LogP contribution < -0.4 is 9.62 Å². The summed E-state index contributed by atoms with van der Waals surface area (Å²) >= 11 is 3.31. The molecule has 1 N–H and O–H groups in total. The van der Waals surface area contributed by atoms with Gasteiger partial charge in [0.15, 0.2) is 0 Å². The molecule has 1 aliphatic heterocycles. The monoisotopic (exact) mass is 380 g/mol. The van der Waals surface area contributed by atoms with Gasteiger partial charge in [-0.05, 0) is 51.8 Å². The Morgan fingerprint density at radius 2 is 1.91 bits per heavy atom. The van der Waals surface area contributed by atoms with Gasteiger partial charge in [0.25, 0.3) is 10.0 Å². The number of halogens is 1. The number of likely N-dealkylation sites (N-methyl/N-ethyl adjacent to an activating group) is 1. The first-order valence-corrected chi connectivity index (χ1v) is 8.83. The average molecular weight is 381 g/mol. The predicted molar refractivity (Wildman–Crippen MR) is 88.5 cm³/mol. The Hall–Kier alpha value is -1.86. The lowest BCUT2D eigenvalue weighted by Gasteiger charge is -2.12. The van der Waals surface area contributed by atoms with Gasteiger partial charge in [-0.3, -0.25) is 9.52 Å². The maximum atomic E-state index is 12.5. The molecule has 22 heavy (non-hydrogen) atoms. The molecule has 0 aliphatic carbocycles. The van der Waals surface area contributed by atoms with E-state index in [1.807, 2.05) is 0 Å². The van der Waals surface area contributed by atoms with Crippen molar-refractivity contribution in [2.45, 2.75) is 11.3 Å². The van der Waals surface area contributed by atoms with Crippen molar-refractivity contribution in [3.05, 3.63) is 52.5 Å². The number of rotatable bonds is 3. The molecule has 0 bridgehead atoms. The topological polar surface area (TPSA) is 66.5 Å². The van der Waals surface area contributed by atoms with Crippen LogP contribution in [-0.2, 0) is 21.2 Å². The Bertz CT molecular complexity index is 865. The third kappa shape index (κ3) is 2.62. The van der Waals surface area contributed by atoms with E-state index in [9.17, 15) is 13.2 Å². The molecule has 0 saturated carbocycles. The van der Waals surface area contributed by atoms with Crippen molar-refractivity contribution in [2.75, 3.05) is 16.7 Å². The number of benzene rings is 2. The van der Waals surface area contributed by atoms with Gasteiger partial charge < -0.3 is 4.90 Å². The van der Waals surface area contributed by atoms with Crippen molar-refractivity contribution in [3.8, 4) is 0 Å². The number of amides is 1. The highest BCUT2D eigenvalue weighted by atomic mass is 79.9. The fraction of sp³-hybridized carbons (Fsp3) is 0.133. The van der Waals surface area contributed by atoms with Crippen LogP contribution in [0.25, 0.3) is 0 Å². The largest absolute Gasteiger partial charge is 0.315 e. The summed E-state index contributed by atoms with van der Waals surface area (Å²) in [6.07, 6.45) is 0.226. The summed E-state index contributed by atoms with van der Waals surface area (Å²) in [5.74, 6) is -0.0386. The van der Waals surface area contributed by atoms with Crippen LogP contribution in [0.3, 0.4) is 0 Å². The summed E-state index contributed by atoms with van der Waals surface area (Å²) in [6.45, 7) is 0. The molecule has 3 rings (SSSR count). The van der Waals surface area contributed by atoms with Gasteiger partial charge in [0, 0.05) is 17.2 Å². The molecule has 1 aliphatic rings. The average Bonchev–Trinajstić information content (AvgIpc) is 2.76. The lowest BCUT2D eigenvalue weighted by atomic mass is 10.2. The number of fused-ring (bicyclic) bond motifs is 1. The second kappa shape index (κ2) is 5.40. The van der Waals surface area contributed by atoms with E-state index >= 15 is 0 Å². The second-order valence-electron chi connectivity index (χ2n) is 5.01. The third-order valence-corrected chi connectivity index (χ3v) is 5.61. The first-order valence-electron chi connectivity index (χ1n) is 6.55. The van der Waals surface area contributed by atoms with Crippen molar-refractivity contribution in [1.82, 2.24) is 0 Å². The number of nitrogens with zero attached hydrogens (tertiary/aromatic N) is 1. The van der Waals surface area contributed by atoms with Crippen LogP contribution in [0.2, 0.25) is 0 Å². The van der Waals surface area contributed by atoms with Crippen molar-refractivity contribution >= 4 is 43.2 Å². The lowest BCUT2D eigenvalue weighted by molar-refractivity contribution is -0.117. The molecule has 0 aromatic heterocycles. The van der Waals surface area contributed by atoms with E-state index < -0.39 is 10.0 Å². The van der Waals surface area contributed by atoms with Crippen molar-refractivity contribution in [2.24, 2.45) is 0 Å². The van der Waals surface area contributed by atoms with E-state index in [2.05, 4.69) is 20.7 Å². The van der Waals surface area contributed by atoms with Gasteiger partial charge in [-0.15, -0.1) is 0 Å². The fourth-order valence-corrected chi connectivity index (χ4v) is 4.01. The van der Waals surface area contributed by atoms with E-state index in [-0.39, 0.29) is 17.2 Å². The van der Waals surface area contributed by atoms with E-state index in [0.717, 1.165) is 11.3 Å². The van der Waals surface area contributed by atoms with E-state index in [1.54, 1.807) is 43.4 Å². The minimum Gasteiger partial charge on any atom is -0.315 e. The number of para-hydroxylation sites is 1. The number of sulfonamides is 1. The van der Waals surface area contributed by atoms with Gasteiger partial charge in [0.1, 0.15) is 0 Å². The van der Waals surface area contributed by atoms with E-state index in [0.29, 0.717) is 10.2 Å². The molecule has 0 spiro atoms. The Morgan fingerprint density at radius 3 is 2.64 bits per heavy atom. The minimum absolute atomic E-state index is 0.0386. The summed E-state index contributed by atoms with van der Waals surface area (Å²) < 4.78 is 28.2. The van der Waals surface area contributed by atoms with Gasteiger partial charge in [-0.2, -0.15) is 0 Å². The molecule has 2 aromatic carbocycles. The zero-order valence-electron chi connectivity index (χ0n) is 11.7. The van der Waals surface area contributed by atoms with Gasteiger partial charge >= 0.3 is 0 Å². The quantitative estimate of drug-likeness (QED) is 0.889. The first kappa shape index (κ1) is 15.1. The van der Waals surface area contributed by atoms with Crippen LogP contribution in [0.15, 0.2) is 51.8 Å². The van der Waals surface area contributed by atoms with E-state index in [1.165, 1.54) is 11.0 Å². The molecule has 114 valence electrons. The van der Waals surface area contributed by atoms with Gasteiger partial charge in [0.2, 0.25) is 5.91 Å². The van der Waals surface area contributed by atoms with Crippen LogP contribution in [0.5, 0.6) is 0 Å². The fourth-order valence-electron chi connectivity index (χ4n) is 2.36. The summed E-state index contributed by atoms with van der Waals surface area (Å²) in [7, 11) is -2.02. The molecule has 7 heteroatoms. The Morgan fingerprint density at radius 1 is 1.18 bits per heavy atom. The van der Waals surface area contributed by atoms with Crippen molar-refractivity contribution in [1.29, 1.82) is 0 Å². The number of hydrogen-bond donors (Lipinski definition) is 1. The van der Waals surface area contributed by atoms with Crippen LogP contribution in [-0.4, -0.2) is 21.4 Å². The van der Waals surface area contributed by atoms with Crippen LogP contribution in [0.4, 0.5) is 11.4 Å². The molecule has 0 atom stereocenters. The highest BCUT2D eigenvalue weighted by molar-refractivity contribution is 9.10. The minimum atomic E-state index is -3.70. The van der Waals surface area contributed by atoms with Gasteiger partial charge in [0.05, 0.1) is 17.0 Å². The molecule has 0 unspecified atom stereocenters. The Labute approximate surface area is 137 Å². The standard InChI is InChI=1S/C15H13BrN2O3S/c1-18-14-7-6-11(8-10(14)9-15(18)19)22(20,21)17-13-5-3-2-4-12(13)16/h2-8,17H,9H2,1H3. The van der Waals surface area contributed by atoms with Gasteiger partial charge in [-0.25, -0.2) is 8.42 Å². The maximum absolute atomic E-state index is 12.5. The summed E-state index contributed by atoms with van der Waals surface area (Å²) in [5.41, 5.74) is 1.95. The van der Waals surface area contributed by atoms with Crippen molar-refractivity contribution in [3.63, 3.8) is 0 Å². The SMILES string of the molecule is CN1C(=O)Cc2cc(S(=O)(=O)Nc3ccccc3Br)ccc21. The molecular formula is C15H13BrN2O3S. The van der Waals surface area contributed by atoms with Crippen LogP contribution in [0.1, 0.15) is 5.56 Å². The number of anilines is 2. The normalized spacial score (nSPS) is 14.1. The third-order valence-electron chi connectivity index (χ3n) is 3.56. The molecule has 0 saturated heterocycles. The van der Waals surface area contributed by atoms with Crippen molar-refractivity contribution < 1.29 is 13.2 Å². The lowest BCUT2D eigenvalue weighted by Crippen LogP contribution is -2.20. The predicted octanol–water partition coefficient (Wildman–Crippen LogP) is 2.77. The number of carbonyl (C=O) groups excluding carboxylic acids is 1. The summed E-state index contributed by atoms with van der Waals surface area (Å²) in [6, 6.07) is 11.7. The maximum Gasteiger partial charge on any atom is 0.261 e. The number of nitrogens with one attached hydrogen (secondary N) is 1.